The lowest BCUT2D eigenvalue weighted by Crippen LogP contribution is -2.19. The number of nitrogens with zero attached hydrogens (tertiary/aromatic N) is 4. The smallest absolute Gasteiger partial charge is 0.453 e. The molecule has 2 heterocycles. The number of nitrogens with one attached hydrogen (secondary N) is 1. The molecule has 6 nitrogen and oxygen atoms in total. The maximum atomic E-state index is 12.9. The van der Waals surface area contributed by atoms with E-state index in [4.69, 9.17) is 0 Å². The number of hydrogen-bond acceptors (Lipinski definition) is 5. The number of anilines is 1. The molecule has 0 saturated carbocycles. The van der Waals surface area contributed by atoms with Crippen molar-refractivity contribution in [2.45, 2.75) is 25.3 Å². The summed E-state index contributed by atoms with van der Waals surface area (Å²) >= 11 is 0. The van der Waals surface area contributed by atoms with Gasteiger partial charge in [0, 0.05) is 0 Å². The standard InChI is InChI=1S/C16H13F6N5O/c1-9(10-2-4-11(5-3-10)28-8-15(17,18)19)23-12-6-7-13-24-25-14(16(20,21)22)27(13)26-12/h2-7,9H,8H2,1H3,(H,23,26). The lowest BCUT2D eigenvalue weighted by Gasteiger charge is -2.16. The highest BCUT2D eigenvalue weighted by atomic mass is 19.4. The van der Waals surface area contributed by atoms with E-state index < -0.39 is 30.8 Å². The van der Waals surface area contributed by atoms with Crippen molar-refractivity contribution >= 4 is 11.5 Å². The minimum Gasteiger partial charge on any atom is -0.484 e. The van der Waals surface area contributed by atoms with E-state index >= 15 is 0 Å². The van der Waals surface area contributed by atoms with Gasteiger partial charge in [-0.25, -0.2) is 0 Å². The van der Waals surface area contributed by atoms with E-state index in [0.717, 1.165) is 0 Å². The average molecular weight is 405 g/mol. The largest absolute Gasteiger partial charge is 0.484 e. The van der Waals surface area contributed by atoms with Crippen LogP contribution in [0.1, 0.15) is 24.4 Å². The summed E-state index contributed by atoms with van der Waals surface area (Å²) in [6, 6.07) is 8.21. The van der Waals surface area contributed by atoms with Gasteiger partial charge in [-0.3, -0.25) is 0 Å². The highest BCUT2D eigenvalue weighted by molar-refractivity contribution is 5.45. The molecule has 1 N–H and O–H groups in total. The highest BCUT2D eigenvalue weighted by Gasteiger charge is 2.37. The molecule has 1 unspecified atom stereocenters. The van der Waals surface area contributed by atoms with Crippen LogP contribution < -0.4 is 10.1 Å². The van der Waals surface area contributed by atoms with Crippen LogP contribution in [-0.2, 0) is 6.18 Å². The monoisotopic (exact) mass is 405 g/mol. The second-order valence-corrected chi connectivity index (χ2v) is 5.85. The fourth-order valence-electron chi connectivity index (χ4n) is 2.37. The lowest BCUT2D eigenvalue weighted by molar-refractivity contribution is -0.153. The maximum absolute atomic E-state index is 12.9. The molecule has 0 aliphatic rings. The van der Waals surface area contributed by atoms with Crippen LogP contribution in [0.5, 0.6) is 5.75 Å². The van der Waals surface area contributed by atoms with Crippen LogP contribution in [0.2, 0.25) is 0 Å². The minimum atomic E-state index is -4.71. The molecule has 150 valence electrons. The summed E-state index contributed by atoms with van der Waals surface area (Å²) in [5.41, 5.74) is 0.609. The number of alkyl halides is 6. The number of ether oxygens (including phenoxy) is 1. The third kappa shape index (κ3) is 4.61. The summed E-state index contributed by atoms with van der Waals surface area (Å²) in [6.45, 7) is 0.318. The van der Waals surface area contributed by atoms with Gasteiger partial charge < -0.3 is 10.1 Å². The summed E-state index contributed by atoms with van der Waals surface area (Å²) in [6.07, 6.45) is -9.14. The molecule has 0 spiro atoms. The van der Waals surface area contributed by atoms with E-state index in [-0.39, 0.29) is 17.2 Å². The molecule has 0 aliphatic heterocycles. The summed E-state index contributed by atoms with van der Waals surface area (Å²) in [7, 11) is 0. The molecule has 1 atom stereocenters. The molecule has 0 amide bonds. The van der Waals surface area contributed by atoms with Gasteiger partial charge in [0.15, 0.2) is 12.3 Å². The molecule has 28 heavy (non-hydrogen) atoms. The third-order valence-electron chi connectivity index (χ3n) is 3.66. The Bertz CT molecular complexity index is 951. The molecule has 3 aromatic rings. The summed E-state index contributed by atoms with van der Waals surface area (Å²) in [4.78, 5) is 0. The molecule has 12 heteroatoms. The van der Waals surface area contributed by atoms with Crippen molar-refractivity contribution in [3.05, 3.63) is 47.8 Å². The van der Waals surface area contributed by atoms with Crippen LogP contribution >= 0.6 is 0 Å². The normalized spacial score (nSPS) is 13.5. The summed E-state index contributed by atoms with van der Waals surface area (Å²) in [5.74, 6) is -1.06. The number of benzene rings is 1. The Hall–Kier alpha value is -3.05. The Morgan fingerprint density at radius 3 is 2.29 bits per heavy atom. The van der Waals surface area contributed by atoms with Gasteiger partial charge in [0.25, 0.3) is 5.82 Å². The molecule has 0 radical (unpaired) electrons. The minimum absolute atomic E-state index is 0.0483. The average Bonchev–Trinajstić information content (AvgIpc) is 3.03. The number of hydrogen-bond donors (Lipinski definition) is 1. The van der Waals surface area contributed by atoms with E-state index in [1.54, 1.807) is 19.1 Å². The topological polar surface area (TPSA) is 64.3 Å². The van der Waals surface area contributed by atoms with Crippen LogP contribution in [0.4, 0.5) is 32.2 Å². The zero-order chi connectivity index (χ0) is 20.5. The van der Waals surface area contributed by atoms with E-state index in [1.165, 1.54) is 24.3 Å². The van der Waals surface area contributed by atoms with E-state index in [9.17, 15) is 26.3 Å². The molecular formula is C16H13F6N5O. The lowest BCUT2D eigenvalue weighted by atomic mass is 10.1. The number of halogens is 6. The molecule has 0 bridgehead atoms. The van der Waals surface area contributed by atoms with Gasteiger partial charge in [0.2, 0.25) is 0 Å². The molecule has 0 aliphatic carbocycles. The molecule has 1 aromatic carbocycles. The van der Waals surface area contributed by atoms with Crippen molar-refractivity contribution in [1.29, 1.82) is 0 Å². The molecule has 0 saturated heterocycles. The number of rotatable bonds is 5. The summed E-state index contributed by atoms with van der Waals surface area (Å²) < 4.78 is 80.4. The zero-order valence-electron chi connectivity index (χ0n) is 14.2. The van der Waals surface area contributed by atoms with Crippen molar-refractivity contribution in [1.82, 2.24) is 19.8 Å². The Labute approximate surface area is 154 Å². The van der Waals surface area contributed by atoms with E-state index in [0.29, 0.717) is 10.1 Å². The first-order valence-corrected chi connectivity index (χ1v) is 7.89. The van der Waals surface area contributed by atoms with Crippen LogP contribution in [0, 0.1) is 0 Å². The predicted octanol–water partition coefficient (Wildman–Crippen LogP) is 4.26. The van der Waals surface area contributed by atoms with Crippen molar-refractivity contribution in [3.63, 3.8) is 0 Å². The fraction of sp³-hybridized carbons (Fsp3) is 0.312. The Morgan fingerprint density at radius 2 is 1.68 bits per heavy atom. The quantitative estimate of drug-likeness (QED) is 0.643. The zero-order valence-corrected chi connectivity index (χ0v) is 14.2. The van der Waals surface area contributed by atoms with Gasteiger partial charge in [-0.15, -0.1) is 15.3 Å². The molecular weight excluding hydrogens is 392 g/mol. The Balaban J connectivity index is 1.73. The van der Waals surface area contributed by atoms with Gasteiger partial charge in [-0.2, -0.15) is 30.9 Å². The SMILES string of the molecule is CC(Nc1ccc2nnc(C(F)(F)F)n2n1)c1ccc(OCC(F)(F)F)cc1. The van der Waals surface area contributed by atoms with Gasteiger partial charge in [0.1, 0.15) is 11.6 Å². The van der Waals surface area contributed by atoms with E-state index in [2.05, 4.69) is 25.3 Å². The predicted molar refractivity (Wildman–Crippen MR) is 85.8 cm³/mol. The fourth-order valence-corrected chi connectivity index (χ4v) is 2.37. The summed E-state index contributed by atoms with van der Waals surface area (Å²) in [5, 5.41) is 13.3. The molecule has 0 fully saturated rings. The van der Waals surface area contributed by atoms with Crippen LogP contribution in [0.15, 0.2) is 36.4 Å². The molecule has 2 aromatic heterocycles. The second kappa shape index (κ2) is 7.17. The molecule has 3 rings (SSSR count). The Morgan fingerprint density at radius 1 is 1.00 bits per heavy atom. The van der Waals surface area contributed by atoms with Crippen LogP contribution in [0.25, 0.3) is 5.65 Å². The van der Waals surface area contributed by atoms with Gasteiger partial charge >= 0.3 is 12.4 Å². The third-order valence-corrected chi connectivity index (χ3v) is 3.66. The first-order chi connectivity index (χ1) is 13.0. The second-order valence-electron chi connectivity index (χ2n) is 5.85. The van der Waals surface area contributed by atoms with E-state index in [1.807, 2.05) is 0 Å². The van der Waals surface area contributed by atoms with Crippen LogP contribution in [-0.4, -0.2) is 32.6 Å². The van der Waals surface area contributed by atoms with Gasteiger partial charge in [-0.1, -0.05) is 12.1 Å². The van der Waals surface area contributed by atoms with Gasteiger partial charge in [-0.05, 0) is 36.8 Å². The number of fused-ring (bicyclic) bond motifs is 1. The highest BCUT2D eigenvalue weighted by Crippen LogP contribution is 2.28. The first-order valence-electron chi connectivity index (χ1n) is 7.89. The van der Waals surface area contributed by atoms with Crippen molar-refractivity contribution < 1.29 is 31.1 Å². The van der Waals surface area contributed by atoms with Gasteiger partial charge in [0.05, 0.1) is 6.04 Å². The first kappa shape index (κ1) is 19.7. The Kier molecular flexibility index (Phi) is 5.04. The van der Waals surface area contributed by atoms with Crippen molar-refractivity contribution in [2.75, 3.05) is 11.9 Å². The number of aromatic nitrogens is 4. The van der Waals surface area contributed by atoms with Crippen molar-refractivity contribution in [3.8, 4) is 5.75 Å². The van der Waals surface area contributed by atoms with Crippen molar-refractivity contribution in [2.24, 2.45) is 0 Å². The van der Waals surface area contributed by atoms with Crippen LogP contribution in [0.3, 0.4) is 0 Å². The maximum Gasteiger partial charge on any atom is 0.453 e.